The lowest BCUT2D eigenvalue weighted by molar-refractivity contribution is 0.276. The second-order valence-electron chi connectivity index (χ2n) is 3.92. The van der Waals surface area contributed by atoms with Crippen molar-refractivity contribution in [3.63, 3.8) is 0 Å². The molecule has 0 aromatic carbocycles. The zero-order valence-corrected chi connectivity index (χ0v) is 11.2. The average Bonchev–Trinajstić information content (AvgIpc) is 2.41. The van der Waals surface area contributed by atoms with Crippen LogP contribution in [0.4, 0.5) is 0 Å². The summed E-state index contributed by atoms with van der Waals surface area (Å²) in [7, 11) is 3.25. The van der Waals surface area contributed by atoms with Crippen LogP contribution >= 0.6 is 22.6 Å². The molecule has 0 radical (unpaired) electrons. The van der Waals surface area contributed by atoms with Gasteiger partial charge in [0, 0.05) is 0 Å². The lowest BCUT2D eigenvalue weighted by Gasteiger charge is -2.20. The minimum Gasteiger partial charge on any atom is -0.480 e. The number of methoxy groups -OCH3 is 2. The van der Waals surface area contributed by atoms with Gasteiger partial charge in [-0.15, -0.1) is 5.10 Å². The molecule has 0 atom stereocenters. The first-order valence-electron chi connectivity index (χ1n) is 4.28. The second kappa shape index (κ2) is 3.96. The molecule has 0 spiro atoms. The maximum absolute atomic E-state index is 5.30. The van der Waals surface area contributed by atoms with Crippen LogP contribution < -0.4 is 9.47 Å². The van der Waals surface area contributed by atoms with Crippen LogP contribution in [0.3, 0.4) is 0 Å². The van der Waals surface area contributed by atoms with E-state index in [1.54, 1.807) is 14.2 Å². The van der Waals surface area contributed by atoms with Gasteiger partial charge in [0.05, 0.1) is 19.8 Å². The van der Waals surface area contributed by atoms with Crippen LogP contribution in [0.1, 0.15) is 20.8 Å². The fourth-order valence-electron chi connectivity index (χ4n) is 1.13. The molecule has 0 unspecified atom stereocenters. The molecule has 0 fully saturated rings. The van der Waals surface area contributed by atoms with Crippen LogP contribution in [0.25, 0.3) is 0 Å². The largest absolute Gasteiger partial charge is 0.480 e. The van der Waals surface area contributed by atoms with Crippen LogP contribution in [-0.2, 0) is 5.54 Å². The highest BCUT2D eigenvalue weighted by Crippen LogP contribution is 2.33. The maximum atomic E-state index is 5.30. The number of rotatable bonds is 2. The van der Waals surface area contributed by atoms with Gasteiger partial charge in [0.25, 0.3) is 0 Å². The SMILES string of the molecule is COc1nn(C(C)(C)C)c(OC)c1I. The van der Waals surface area contributed by atoms with Crippen molar-refractivity contribution in [2.24, 2.45) is 0 Å². The van der Waals surface area contributed by atoms with E-state index >= 15 is 0 Å². The number of halogens is 1. The molecular weight excluding hydrogens is 295 g/mol. The molecule has 1 heterocycles. The second-order valence-corrected chi connectivity index (χ2v) is 4.99. The first-order chi connectivity index (χ1) is 6.41. The molecule has 14 heavy (non-hydrogen) atoms. The Morgan fingerprint density at radius 2 is 1.79 bits per heavy atom. The Hall–Kier alpha value is -0.460. The van der Waals surface area contributed by atoms with Gasteiger partial charge < -0.3 is 9.47 Å². The number of ether oxygens (including phenoxy) is 2. The van der Waals surface area contributed by atoms with E-state index in [-0.39, 0.29) is 5.54 Å². The van der Waals surface area contributed by atoms with E-state index in [0.29, 0.717) is 5.88 Å². The van der Waals surface area contributed by atoms with Crippen molar-refractivity contribution < 1.29 is 9.47 Å². The quantitative estimate of drug-likeness (QED) is 0.786. The average molecular weight is 310 g/mol. The topological polar surface area (TPSA) is 36.3 Å². The normalized spacial score (nSPS) is 11.6. The fourth-order valence-corrected chi connectivity index (χ4v) is 1.90. The summed E-state index contributed by atoms with van der Waals surface area (Å²) in [6.45, 7) is 6.20. The van der Waals surface area contributed by atoms with E-state index in [0.717, 1.165) is 9.45 Å². The van der Waals surface area contributed by atoms with Gasteiger partial charge in [-0.2, -0.15) is 0 Å². The summed E-state index contributed by atoms with van der Waals surface area (Å²) in [4.78, 5) is 0. The highest BCUT2D eigenvalue weighted by Gasteiger charge is 2.24. The number of aromatic nitrogens is 2. The number of hydrogen-bond acceptors (Lipinski definition) is 3. The zero-order valence-electron chi connectivity index (χ0n) is 9.09. The lowest BCUT2D eigenvalue weighted by Crippen LogP contribution is -2.23. The van der Waals surface area contributed by atoms with Crippen molar-refractivity contribution >= 4 is 22.6 Å². The van der Waals surface area contributed by atoms with Gasteiger partial charge in [0.15, 0.2) is 0 Å². The molecule has 0 saturated heterocycles. The molecule has 1 aromatic heterocycles. The van der Waals surface area contributed by atoms with Crippen LogP contribution in [0.15, 0.2) is 0 Å². The molecule has 80 valence electrons. The van der Waals surface area contributed by atoms with Gasteiger partial charge in [-0.25, -0.2) is 4.68 Å². The maximum Gasteiger partial charge on any atom is 0.250 e. The third kappa shape index (κ3) is 1.97. The van der Waals surface area contributed by atoms with E-state index in [1.807, 2.05) is 4.68 Å². The van der Waals surface area contributed by atoms with Crippen molar-refractivity contribution in [1.29, 1.82) is 0 Å². The van der Waals surface area contributed by atoms with Crippen molar-refractivity contribution in [1.82, 2.24) is 9.78 Å². The molecule has 5 heteroatoms. The fraction of sp³-hybridized carbons (Fsp3) is 0.667. The minimum absolute atomic E-state index is 0.109. The lowest BCUT2D eigenvalue weighted by atomic mass is 10.1. The smallest absolute Gasteiger partial charge is 0.250 e. The van der Waals surface area contributed by atoms with E-state index in [4.69, 9.17) is 9.47 Å². The Labute approximate surface area is 97.7 Å². The van der Waals surface area contributed by atoms with Gasteiger partial charge in [-0.1, -0.05) is 0 Å². The van der Waals surface area contributed by atoms with E-state index in [9.17, 15) is 0 Å². The Balaban J connectivity index is 3.30. The van der Waals surface area contributed by atoms with Crippen LogP contribution in [-0.4, -0.2) is 24.0 Å². The van der Waals surface area contributed by atoms with Crippen molar-refractivity contribution in [3.05, 3.63) is 3.57 Å². The van der Waals surface area contributed by atoms with Gasteiger partial charge in [-0.3, -0.25) is 0 Å². The van der Waals surface area contributed by atoms with Gasteiger partial charge >= 0.3 is 0 Å². The van der Waals surface area contributed by atoms with Crippen LogP contribution in [0.5, 0.6) is 11.8 Å². The van der Waals surface area contributed by atoms with E-state index in [1.165, 1.54) is 0 Å². The molecule has 4 nitrogen and oxygen atoms in total. The third-order valence-corrected chi connectivity index (χ3v) is 2.70. The zero-order chi connectivity index (χ0) is 10.9. The summed E-state index contributed by atoms with van der Waals surface area (Å²) in [5, 5.41) is 4.33. The summed E-state index contributed by atoms with van der Waals surface area (Å²) < 4.78 is 13.2. The molecule has 0 amide bonds. The molecular formula is C9H15IN2O2. The summed E-state index contributed by atoms with van der Waals surface area (Å²) in [5.74, 6) is 1.35. The summed E-state index contributed by atoms with van der Waals surface area (Å²) in [6.07, 6.45) is 0. The van der Waals surface area contributed by atoms with Crippen molar-refractivity contribution in [3.8, 4) is 11.8 Å². The molecule has 0 aliphatic rings. The van der Waals surface area contributed by atoms with Gasteiger partial charge in [0.2, 0.25) is 11.8 Å². The number of hydrogen-bond donors (Lipinski definition) is 0. The van der Waals surface area contributed by atoms with E-state index in [2.05, 4.69) is 48.5 Å². The standard InChI is InChI=1S/C9H15IN2O2/c1-9(2,3)12-8(14-5)6(10)7(11-12)13-4/h1-5H3. The van der Waals surface area contributed by atoms with Crippen LogP contribution in [0.2, 0.25) is 0 Å². The summed E-state index contributed by atoms with van der Waals surface area (Å²) in [5.41, 5.74) is -0.109. The van der Waals surface area contributed by atoms with Crippen LogP contribution in [0, 0.1) is 3.57 Å². The molecule has 0 N–H and O–H groups in total. The van der Waals surface area contributed by atoms with Crippen molar-refractivity contribution in [2.45, 2.75) is 26.3 Å². The molecule has 0 bridgehead atoms. The Bertz CT molecular complexity index is 328. The Morgan fingerprint density at radius 1 is 1.21 bits per heavy atom. The summed E-state index contributed by atoms with van der Waals surface area (Å²) in [6, 6.07) is 0. The summed E-state index contributed by atoms with van der Waals surface area (Å²) >= 11 is 2.17. The Kier molecular flexibility index (Phi) is 3.28. The molecule has 0 aliphatic carbocycles. The first kappa shape index (κ1) is 11.6. The molecule has 0 saturated carbocycles. The number of nitrogens with zero attached hydrogens (tertiary/aromatic N) is 2. The monoisotopic (exact) mass is 310 g/mol. The predicted molar refractivity (Wildman–Crippen MR) is 63.0 cm³/mol. The minimum atomic E-state index is -0.109. The van der Waals surface area contributed by atoms with Crippen molar-refractivity contribution in [2.75, 3.05) is 14.2 Å². The highest BCUT2D eigenvalue weighted by atomic mass is 127. The third-order valence-electron chi connectivity index (χ3n) is 1.78. The molecule has 1 rings (SSSR count). The molecule has 0 aliphatic heterocycles. The highest BCUT2D eigenvalue weighted by molar-refractivity contribution is 14.1. The Morgan fingerprint density at radius 3 is 2.07 bits per heavy atom. The van der Waals surface area contributed by atoms with Gasteiger partial charge in [-0.05, 0) is 43.4 Å². The van der Waals surface area contributed by atoms with E-state index < -0.39 is 0 Å². The molecule has 1 aromatic rings. The van der Waals surface area contributed by atoms with Gasteiger partial charge in [0.1, 0.15) is 3.57 Å². The predicted octanol–water partition coefficient (Wildman–Crippen LogP) is 2.26. The first-order valence-corrected chi connectivity index (χ1v) is 5.36.